The molecule has 5 nitrogen and oxygen atoms in total. The summed E-state index contributed by atoms with van der Waals surface area (Å²) >= 11 is 0. The number of hydrogen-bond acceptors (Lipinski definition) is 4. The van der Waals surface area contributed by atoms with Crippen molar-refractivity contribution in [2.24, 2.45) is 0 Å². The average molecular weight is 394 g/mol. The number of carbonyl (C=O) groups is 1. The van der Waals surface area contributed by atoms with Crippen molar-refractivity contribution >= 4 is 21.4 Å². The van der Waals surface area contributed by atoms with Crippen LogP contribution in [0.5, 0.6) is 0 Å². The fourth-order valence-electron chi connectivity index (χ4n) is 3.09. The Labute approximate surface area is 156 Å². The van der Waals surface area contributed by atoms with Crippen LogP contribution in [0.3, 0.4) is 0 Å². The molecule has 0 aliphatic carbocycles. The van der Waals surface area contributed by atoms with Gasteiger partial charge in [-0.3, -0.25) is 4.79 Å². The molecule has 0 atom stereocenters. The standard InChI is InChI=1S/C19H20F2N2O3S/c20-19(21)27(25,26)17-8-6-16(7-9-17)23-12-10-15(11-13-23)22-18(24)14-4-2-1-3-5-14/h1-9,15,19H,10-13H2,(H,22,24). The number of carbonyl (C=O) groups excluding carboxylic acids is 1. The lowest BCUT2D eigenvalue weighted by atomic mass is 10.0. The summed E-state index contributed by atoms with van der Waals surface area (Å²) in [5.41, 5.74) is 1.40. The van der Waals surface area contributed by atoms with Gasteiger partial charge in [-0.25, -0.2) is 8.42 Å². The number of sulfone groups is 1. The van der Waals surface area contributed by atoms with Gasteiger partial charge in [0, 0.05) is 30.4 Å². The second-order valence-electron chi connectivity index (χ2n) is 6.40. The van der Waals surface area contributed by atoms with E-state index in [2.05, 4.69) is 5.32 Å². The topological polar surface area (TPSA) is 66.5 Å². The van der Waals surface area contributed by atoms with Crippen LogP contribution >= 0.6 is 0 Å². The van der Waals surface area contributed by atoms with Crippen LogP contribution in [-0.2, 0) is 9.84 Å². The largest absolute Gasteiger partial charge is 0.371 e. The monoisotopic (exact) mass is 394 g/mol. The summed E-state index contributed by atoms with van der Waals surface area (Å²) in [6, 6.07) is 14.6. The van der Waals surface area contributed by atoms with Crippen molar-refractivity contribution in [1.82, 2.24) is 5.32 Å². The first-order valence-electron chi connectivity index (χ1n) is 8.61. The molecule has 0 bridgehead atoms. The van der Waals surface area contributed by atoms with Gasteiger partial charge in [0.2, 0.25) is 9.84 Å². The molecule has 8 heteroatoms. The summed E-state index contributed by atoms with van der Waals surface area (Å²) < 4.78 is 48.1. The predicted molar refractivity (Wildman–Crippen MR) is 98.8 cm³/mol. The third-order valence-corrected chi connectivity index (χ3v) is 6.03. The van der Waals surface area contributed by atoms with E-state index in [-0.39, 0.29) is 16.8 Å². The third-order valence-electron chi connectivity index (χ3n) is 4.63. The summed E-state index contributed by atoms with van der Waals surface area (Å²) in [4.78, 5) is 13.9. The van der Waals surface area contributed by atoms with Gasteiger partial charge >= 0.3 is 5.76 Å². The van der Waals surface area contributed by atoms with Gasteiger partial charge < -0.3 is 10.2 Å². The van der Waals surface area contributed by atoms with E-state index >= 15 is 0 Å². The first-order chi connectivity index (χ1) is 12.9. The van der Waals surface area contributed by atoms with Gasteiger partial charge in [-0.2, -0.15) is 8.78 Å². The Kier molecular flexibility index (Phi) is 5.74. The lowest BCUT2D eigenvalue weighted by Crippen LogP contribution is -2.44. The molecule has 27 heavy (non-hydrogen) atoms. The maximum atomic E-state index is 12.6. The quantitative estimate of drug-likeness (QED) is 0.846. The van der Waals surface area contributed by atoms with Gasteiger partial charge in [0.25, 0.3) is 5.91 Å². The maximum Gasteiger partial charge on any atom is 0.341 e. The Hall–Kier alpha value is -2.48. The van der Waals surface area contributed by atoms with E-state index in [1.807, 2.05) is 23.1 Å². The van der Waals surface area contributed by atoms with Crippen molar-refractivity contribution in [2.45, 2.75) is 29.5 Å². The highest BCUT2D eigenvalue weighted by molar-refractivity contribution is 7.91. The number of alkyl halides is 2. The van der Waals surface area contributed by atoms with Crippen LogP contribution in [0.1, 0.15) is 23.2 Å². The molecule has 1 amide bonds. The molecule has 0 spiro atoms. The zero-order valence-electron chi connectivity index (χ0n) is 14.5. The van der Waals surface area contributed by atoms with Gasteiger partial charge in [0.1, 0.15) is 0 Å². The smallest absolute Gasteiger partial charge is 0.341 e. The van der Waals surface area contributed by atoms with Gasteiger partial charge in [-0.15, -0.1) is 0 Å². The van der Waals surface area contributed by atoms with Gasteiger partial charge in [0.05, 0.1) is 4.90 Å². The molecule has 1 fully saturated rings. The number of nitrogens with zero attached hydrogens (tertiary/aromatic N) is 1. The van der Waals surface area contributed by atoms with E-state index in [1.54, 1.807) is 12.1 Å². The van der Waals surface area contributed by atoms with Gasteiger partial charge in [-0.05, 0) is 49.2 Å². The van der Waals surface area contributed by atoms with E-state index in [0.29, 0.717) is 18.7 Å². The fraction of sp³-hybridized carbons (Fsp3) is 0.316. The molecule has 0 unspecified atom stereocenters. The Morgan fingerprint density at radius 1 is 1.00 bits per heavy atom. The predicted octanol–water partition coefficient (Wildman–Crippen LogP) is 3.08. The molecule has 2 aromatic carbocycles. The number of halogens is 2. The number of amides is 1. The SMILES string of the molecule is O=C(NC1CCN(c2ccc(S(=O)(=O)C(F)F)cc2)CC1)c1ccccc1. The maximum absolute atomic E-state index is 12.6. The minimum atomic E-state index is -4.57. The summed E-state index contributed by atoms with van der Waals surface area (Å²) in [6.45, 7) is 1.36. The molecule has 3 rings (SSSR count). The average Bonchev–Trinajstić information content (AvgIpc) is 2.69. The second-order valence-corrected chi connectivity index (χ2v) is 8.32. The molecule has 0 radical (unpaired) electrons. The summed E-state index contributed by atoms with van der Waals surface area (Å²) in [5, 5.41) is 3.02. The Balaban J connectivity index is 1.57. The van der Waals surface area contributed by atoms with E-state index in [4.69, 9.17) is 0 Å². The zero-order chi connectivity index (χ0) is 19.4. The normalized spacial score (nSPS) is 15.7. The van der Waals surface area contributed by atoms with Crippen molar-refractivity contribution < 1.29 is 22.0 Å². The number of anilines is 1. The third kappa shape index (κ3) is 4.44. The van der Waals surface area contributed by atoms with Gasteiger partial charge in [-0.1, -0.05) is 18.2 Å². The van der Waals surface area contributed by atoms with Crippen molar-refractivity contribution in [3.05, 3.63) is 60.2 Å². The lowest BCUT2D eigenvalue weighted by Gasteiger charge is -2.34. The summed E-state index contributed by atoms with van der Waals surface area (Å²) in [6.07, 6.45) is 1.49. The van der Waals surface area contributed by atoms with Gasteiger partial charge in [0.15, 0.2) is 0 Å². The fourth-order valence-corrected chi connectivity index (χ4v) is 3.81. The Morgan fingerprint density at radius 3 is 2.15 bits per heavy atom. The molecule has 0 aromatic heterocycles. The molecular formula is C19H20F2N2O3S. The molecule has 2 aromatic rings. The Morgan fingerprint density at radius 2 is 1.59 bits per heavy atom. The van der Waals surface area contributed by atoms with E-state index in [9.17, 15) is 22.0 Å². The van der Waals surface area contributed by atoms with Crippen LogP contribution in [0.2, 0.25) is 0 Å². The highest BCUT2D eigenvalue weighted by atomic mass is 32.2. The zero-order valence-corrected chi connectivity index (χ0v) is 15.3. The van der Waals surface area contributed by atoms with Crippen molar-refractivity contribution in [3.8, 4) is 0 Å². The molecular weight excluding hydrogens is 374 g/mol. The molecule has 144 valence electrons. The highest BCUT2D eigenvalue weighted by Crippen LogP contribution is 2.24. The molecule has 1 saturated heterocycles. The minimum Gasteiger partial charge on any atom is -0.371 e. The van der Waals surface area contributed by atoms with Crippen molar-refractivity contribution in [1.29, 1.82) is 0 Å². The van der Waals surface area contributed by atoms with Crippen LogP contribution in [0, 0.1) is 0 Å². The summed E-state index contributed by atoms with van der Waals surface area (Å²) in [7, 11) is -4.57. The second kappa shape index (κ2) is 8.04. The summed E-state index contributed by atoms with van der Waals surface area (Å²) in [5.74, 6) is -3.53. The molecule has 1 N–H and O–H groups in total. The minimum absolute atomic E-state index is 0.0624. The van der Waals surface area contributed by atoms with E-state index in [1.165, 1.54) is 24.3 Å². The molecule has 0 saturated carbocycles. The number of piperidine rings is 1. The molecule has 1 aliphatic rings. The van der Waals surface area contributed by atoms with Crippen LogP contribution in [0.25, 0.3) is 0 Å². The number of rotatable bonds is 5. The molecule has 1 heterocycles. The van der Waals surface area contributed by atoms with Crippen molar-refractivity contribution in [2.75, 3.05) is 18.0 Å². The van der Waals surface area contributed by atoms with Crippen LogP contribution in [0.15, 0.2) is 59.5 Å². The number of hydrogen-bond donors (Lipinski definition) is 1. The van der Waals surface area contributed by atoms with E-state index < -0.39 is 15.6 Å². The highest BCUT2D eigenvalue weighted by Gasteiger charge is 2.27. The Bertz CT molecular complexity index is 879. The van der Waals surface area contributed by atoms with Crippen molar-refractivity contribution in [3.63, 3.8) is 0 Å². The van der Waals surface area contributed by atoms with Crippen LogP contribution in [0.4, 0.5) is 14.5 Å². The van der Waals surface area contributed by atoms with Crippen LogP contribution in [-0.4, -0.2) is 39.2 Å². The molecule has 1 aliphatic heterocycles. The number of nitrogens with one attached hydrogen (secondary N) is 1. The number of benzene rings is 2. The first-order valence-corrected chi connectivity index (χ1v) is 10.2. The lowest BCUT2D eigenvalue weighted by molar-refractivity contribution is 0.0931. The van der Waals surface area contributed by atoms with Crippen LogP contribution < -0.4 is 10.2 Å². The first kappa shape index (κ1) is 19.3. The van der Waals surface area contributed by atoms with E-state index in [0.717, 1.165) is 18.5 Å².